The van der Waals surface area contributed by atoms with Crippen molar-refractivity contribution in [1.29, 1.82) is 0 Å². The molecule has 0 spiro atoms. The van der Waals surface area contributed by atoms with Gasteiger partial charge in [0.25, 0.3) is 0 Å². The van der Waals surface area contributed by atoms with Crippen molar-refractivity contribution >= 4 is 5.78 Å². The van der Waals surface area contributed by atoms with Crippen LogP contribution < -0.4 is 51.4 Å². The van der Waals surface area contributed by atoms with Gasteiger partial charge in [-0.05, 0) is 0 Å². The number of aliphatic hydroxyl groups is 1. The zero-order valence-electron chi connectivity index (χ0n) is 7.35. The van der Waals surface area contributed by atoms with Gasteiger partial charge < -0.3 is 6.53 Å². The Morgan fingerprint density at radius 2 is 2.22 bits per heavy atom. The minimum absolute atomic E-state index is 0. The molecule has 0 aliphatic rings. The van der Waals surface area contributed by atoms with Crippen molar-refractivity contribution in [2.75, 3.05) is 6.61 Å². The Labute approximate surface area is 99.9 Å². The van der Waals surface area contributed by atoms with Crippen LogP contribution in [0.25, 0.3) is 0 Å². The van der Waals surface area contributed by atoms with E-state index in [0.717, 1.165) is 0 Å². The quantitative estimate of drug-likeness (QED) is 0.467. The molecule has 0 aliphatic heterocycles. The van der Waals surface area contributed by atoms with Crippen LogP contribution in [0.4, 0.5) is 0 Å². The third-order valence-electron chi connectivity index (χ3n) is 1.17. The first-order valence-electron chi connectivity index (χ1n) is 2.86. The Hall–Kier alpha value is 1.27. The number of rotatable bonds is 3. The second-order valence-corrected chi connectivity index (χ2v) is 1.90. The average molecular weight is 156 g/mol. The summed E-state index contributed by atoms with van der Waals surface area (Å²) >= 11 is 0. The van der Waals surface area contributed by atoms with Gasteiger partial charge in [-0.1, -0.05) is 13.8 Å². The second kappa shape index (κ2) is 7.37. The first-order chi connectivity index (χ1) is 3.72. The summed E-state index contributed by atoms with van der Waals surface area (Å²) < 4.78 is 0. The molecule has 0 saturated heterocycles. The van der Waals surface area contributed by atoms with E-state index in [0.29, 0.717) is 6.42 Å². The summed E-state index contributed by atoms with van der Waals surface area (Å²) in [6.07, 6.45) is 0.529. The van der Waals surface area contributed by atoms with Crippen LogP contribution in [0.3, 0.4) is 0 Å². The van der Waals surface area contributed by atoms with Crippen LogP contribution in [0.1, 0.15) is 21.7 Å². The molecule has 0 fully saturated rings. The van der Waals surface area contributed by atoms with E-state index in [-0.39, 0.29) is 71.1 Å². The van der Waals surface area contributed by atoms with Crippen LogP contribution >= 0.6 is 0 Å². The van der Waals surface area contributed by atoms with Crippen LogP contribution in [-0.4, -0.2) is 17.5 Å². The molecule has 0 aromatic carbocycles. The summed E-state index contributed by atoms with van der Waals surface area (Å²) in [5.41, 5.74) is 0. The number of Topliss-reactive ketones (excluding diaryl/α,β-unsaturated/α-hetero) is 1. The van der Waals surface area contributed by atoms with Crippen molar-refractivity contribution in [1.82, 2.24) is 0 Å². The fourth-order valence-electron chi connectivity index (χ4n) is 0.450. The van der Waals surface area contributed by atoms with E-state index in [1.807, 2.05) is 0 Å². The Kier molecular flexibility index (Phi) is 10.6. The zero-order chi connectivity index (χ0) is 6.57. The van der Waals surface area contributed by atoms with Gasteiger partial charge in [0.15, 0.2) is 0 Å². The van der Waals surface area contributed by atoms with Crippen molar-refractivity contribution in [2.45, 2.75) is 20.3 Å². The van der Waals surface area contributed by atoms with Crippen molar-refractivity contribution in [2.24, 2.45) is 5.92 Å². The van der Waals surface area contributed by atoms with Gasteiger partial charge >= 0.3 is 51.4 Å². The topological polar surface area (TPSA) is 37.3 Å². The fraction of sp³-hybridized carbons (Fsp3) is 0.833. The Balaban J connectivity index is -0.000000245. The number of carbonyl (C=O) groups excluding carboxylic acids is 1. The van der Waals surface area contributed by atoms with Crippen molar-refractivity contribution < 1.29 is 62.7 Å². The maximum absolute atomic E-state index is 10.6. The van der Waals surface area contributed by atoms with E-state index in [1.54, 1.807) is 13.8 Å². The molecule has 3 heteroatoms. The fourth-order valence-corrected chi connectivity index (χ4v) is 0.450. The van der Waals surface area contributed by atoms with E-state index >= 15 is 0 Å². The van der Waals surface area contributed by atoms with E-state index in [2.05, 4.69) is 0 Å². The maximum Gasteiger partial charge on any atom is 1.00 e. The van der Waals surface area contributed by atoms with Crippen LogP contribution in [0.2, 0.25) is 0 Å². The van der Waals surface area contributed by atoms with Crippen LogP contribution in [-0.2, 0) is 4.79 Å². The van der Waals surface area contributed by atoms with E-state index in [4.69, 9.17) is 5.11 Å². The van der Waals surface area contributed by atoms with E-state index in [9.17, 15) is 4.79 Å². The third kappa shape index (κ3) is 5.70. The normalized spacial score (nSPS) is 11.9. The third-order valence-corrected chi connectivity index (χ3v) is 1.17. The molecular weight excluding hydrogens is 143 g/mol. The van der Waals surface area contributed by atoms with E-state index in [1.165, 1.54) is 0 Å². The molecule has 0 heterocycles. The molecule has 50 valence electrons. The molecule has 1 unspecified atom stereocenters. The molecule has 1 N–H and O–H groups in total. The van der Waals surface area contributed by atoms with Gasteiger partial charge in [0.05, 0.1) is 6.61 Å². The molecule has 0 radical (unpaired) electrons. The smallest absolute Gasteiger partial charge is 1.00 e. The molecule has 1 atom stereocenters. The van der Waals surface area contributed by atoms with Gasteiger partial charge in [0.1, 0.15) is 5.78 Å². The first kappa shape index (κ1) is 12.9. The summed E-state index contributed by atoms with van der Waals surface area (Å²) in [5, 5.41) is 8.42. The van der Waals surface area contributed by atoms with Crippen molar-refractivity contribution in [3.8, 4) is 0 Å². The molecule has 0 amide bonds. The summed E-state index contributed by atoms with van der Waals surface area (Å²) in [6.45, 7) is 3.51. The zero-order valence-corrected chi connectivity index (χ0v) is 9.47. The number of hydrogen-bond acceptors (Lipinski definition) is 2. The van der Waals surface area contributed by atoms with Gasteiger partial charge in [0.2, 0.25) is 0 Å². The van der Waals surface area contributed by atoms with Crippen molar-refractivity contribution in [3.05, 3.63) is 0 Å². The van der Waals surface area contributed by atoms with Crippen LogP contribution in [0.5, 0.6) is 0 Å². The molecule has 0 rings (SSSR count). The molecule has 0 bridgehead atoms. The molecule has 0 aromatic heterocycles. The Morgan fingerprint density at radius 3 is 2.33 bits per heavy atom. The predicted molar refractivity (Wildman–Crippen MR) is 32.7 cm³/mol. The number of carbonyl (C=O) groups is 1. The Morgan fingerprint density at radius 1 is 1.78 bits per heavy atom. The van der Waals surface area contributed by atoms with Gasteiger partial charge in [-0.15, -0.1) is 0 Å². The first-order valence-corrected chi connectivity index (χ1v) is 2.86. The SMILES string of the molecule is CCC(=O)C(C)CO.[H-].[K+]. The molecular formula is C6H13KO2. The summed E-state index contributed by atoms with van der Waals surface area (Å²) in [5.74, 6) is -0.0347. The summed E-state index contributed by atoms with van der Waals surface area (Å²) in [6, 6.07) is 0. The largest absolute Gasteiger partial charge is 1.00 e. The van der Waals surface area contributed by atoms with Gasteiger partial charge in [-0.2, -0.15) is 0 Å². The Bertz CT molecular complexity index is 87.8. The minimum Gasteiger partial charge on any atom is -1.00 e. The molecule has 0 saturated carbocycles. The van der Waals surface area contributed by atoms with Gasteiger partial charge in [-0.3, -0.25) is 4.79 Å². The molecule has 9 heavy (non-hydrogen) atoms. The average Bonchev–Trinajstić information content (AvgIpc) is 1.84. The summed E-state index contributed by atoms with van der Waals surface area (Å²) in [4.78, 5) is 10.6. The van der Waals surface area contributed by atoms with Crippen molar-refractivity contribution in [3.63, 3.8) is 0 Å². The summed E-state index contributed by atoms with van der Waals surface area (Å²) in [7, 11) is 0. The van der Waals surface area contributed by atoms with Crippen LogP contribution in [0.15, 0.2) is 0 Å². The van der Waals surface area contributed by atoms with Crippen LogP contribution in [0, 0.1) is 5.92 Å². The minimum atomic E-state index is -0.167. The number of hydrogen-bond donors (Lipinski definition) is 1. The van der Waals surface area contributed by atoms with Gasteiger partial charge in [-0.25, -0.2) is 0 Å². The monoisotopic (exact) mass is 156 g/mol. The standard InChI is InChI=1S/C6H12O2.K.H/c1-3-6(8)5(2)4-7;;/h5,7H,3-4H2,1-2H3;;/q;+1;-1. The molecule has 0 aromatic rings. The second-order valence-electron chi connectivity index (χ2n) is 1.90. The number of aliphatic hydroxyl groups excluding tert-OH is 1. The maximum atomic E-state index is 10.6. The molecule has 0 aliphatic carbocycles. The molecule has 2 nitrogen and oxygen atoms in total. The number of ketones is 1. The van der Waals surface area contributed by atoms with E-state index < -0.39 is 0 Å². The van der Waals surface area contributed by atoms with Gasteiger partial charge in [0, 0.05) is 12.3 Å². The predicted octanol–water partition coefficient (Wildman–Crippen LogP) is -2.29.